The fourth-order valence-corrected chi connectivity index (χ4v) is 3.74. The van der Waals surface area contributed by atoms with Crippen LogP contribution in [0.1, 0.15) is 17.3 Å². The van der Waals surface area contributed by atoms with Crippen LogP contribution in [0.2, 0.25) is 0 Å². The summed E-state index contributed by atoms with van der Waals surface area (Å²) >= 11 is 1.36. The number of hydrogen-bond acceptors (Lipinski definition) is 7. The molecule has 1 aromatic heterocycles. The topological polar surface area (TPSA) is 77.1 Å². The number of esters is 1. The van der Waals surface area contributed by atoms with E-state index in [2.05, 4.69) is 5.32 Å². The van der Waals surface area contributed by atoms with Gasteiger partial charge in [-0.05, 0) is 18.6 Å². The summed E-state index contributed by atoms with van der Waals surface area (Å²) in [5.74, 6) is -0.652. The van der Waals surface area contributed by atoms with E-state index in [-0.39, 0.29) is 19.1 Å². The van der Waals surface area contributed by atoms with Crippen LogP contribution in [-0.4, -0.2) is 70.5 Å². The maximum atomic E-state index is 12.6. The largest absolute Gasteiger partial charge is 0.462 e. The highest BCUT2D eigenvalue weighted by Gasteiger charge is 2.20. The quantitative estimate of drug-likeness (QED) is 0.532. The van der Waals surface area contributed by atoms with Crippen molar-refractivity contribution in [3.05, 3.63) is 42.0 Å². The average Bonchev–Trinajstić information content (AvgIpc) is 3.14. The highest BCUT2D eigenvalue weighted by molar-refractivity contribution is 7.20. The minimum Gasteiger partial charge on any atom is -0.462 e. The van der Waals surface area contributed by atoms with Crippen molar-refractivity contribution in [3.8, 4) is 10.4 Å². The molecular formula is C21H28N2O5S. The molecule has 2 rings (SSSR count). The van der Waals surface area contributed by atoms with E-state index in [1.54, 1.807) is 27.2 Å². The number of carbonyl (C=O) groups excluding carboxylic acids is 2. The van der Waals surface area contributed by atoms with Crippen molar-refractivity contribution in [1.82, 2.24) is 4.90 Å². The third kappa shape index (κ3) is 7.25. The van der Waals surface area contributed by atoms with Gasteiger partial charge in [-0.1, -0.05) is 30.3 Å². The van der Waals surface area contributed by atoms with Crippen LogP contribution >= 0.6 is 11.3 Å². The van der Waals surface area contributed by atoms with Crippen LogP contribution in [-0.2, 0) is 19.0 Å². The van der Waals surface area contributed by atoms with Gasteiger partial charge in [-0.3, -0.25) is 9.69 Å². The van der Waals surface area contributed by atoms with Gasteiger partial charge in [-0.2, -0.15) is 0 Å². The van der Waals surface area contributed by atoms with Gasteiger partial charge in [-0.25, -0.2) is 4.79 Å². The van der Waals surface area contributed by atoms with Gasteiger partial charge in [0.15, 0.2) is 0 Å². The molecule has 1 aromatic carbocycles. The van der Waals surface area contributed by atoms with E-state index in [0.717, 1.165) is 10.4 Å². The second-order valence-electron chi connectivity index (χ2n) is 6.25. The maximum Gasteiger partial charge on any atom is 0.341 e. The molecule has 0 aliphatic carbocycles. The van der Waals surface area contributed by atoms with Crippen molar-refractivity contribution in [2.75, 3.05) is 59.0 Å². The Bertz CT molecular complexity index is 771. The molecule has 0 saturated carbocycles. The molecule has 158 valence electrons. The number of nitrogens with zero attached hydrogens (tertiary/aromatic N) is 1. The zero-order valence-corrected chi connectivity index (χ0v) is 17.9. The molecule has 7 nitrogen and oxygen atoms in total. The summed E-state index contributed by atoms with van der Waals surface area (Å²) in [7, 11) is 3.24. The van der Waals surface area contributed by atoms with E-state index >= 15 is 0 Å². The van der Waals surface area contributed by atoms with E-state index in [0.29, 0.717) is 36.9 Å². The Balaban J connectivity index is 2.17. The first-order valence-electron chi connectivity index (χ1n) is 9.45. The monoisotopic (exact) mass is 420 g/mol. The third-order valence-electron chi connectivity index (χ3n) is 4.13. The highest BCUT2D eigenvalue weighted by atomic mass is 32.1. The zero-order valence-electron chi connectivity index (χ0n) is 17.1. The molecule has 0 spiro atoms. The van der Waals surface area contributed by atoms with E-state index < -0.39 is 5.97 Å². The average molecular weight is 421 g/mol. The molecule has 0 aliphatic rings. The van der Waals surface area contributed by atoms with Gasteiger partial charge in [0.25, 0.3) is 0 Å². The van der Waals surface area contributed by atoms with Crippen molar-refractivity contribution in [2.45, 2.75) is 6.92 Å². The first kappa shape index (κ1) is 23.0. The number of anilines is 1. The number of carbonyl (C=O) groups is 2. The Morgan fingerprint density at radius 3 is 2.31 bits per heavy atom. The summed E-state index contributed by atoms with van der Waals surface area (Å²) in [4.78, 5) is 27.9. The maximum absolute atomic E-state index is 12.6. The molecule has 0 fully saturated rings. The fourth-order valence-electron chi connectivity index (χ4n) is 2.67. The predicted molar refractivity (Wildman–Crippen MR) is 115 cm³/mol. The minimum absolute atomic E-state index is 0.174. The van der Waals surface area contributed by atoms with Crippen LogP contribution in [0.3, 0.4) is 0 Å². The number of benzene rings is 1. The highest BCUT2D eigenvalue weighted by Crippen LogP contribution is 2.35. The lowest BCUT2D eigenvalue weighted by molar-refractivity contribution is -0.117. The molecule has 0 saturated heterocycles. The molecule has 0 bridgehead atoms. The van der Waals surface area contributed by atoms with E-state index in [1.807, 2.05) is 35.2 Å². The second kappa shape index (κ2) is 12.3. The van der Waals surface area contributed by atoms with Gasteiger partial charge < -0.3 is 19.5 Å². The molecule has 1 amide bonds. The van der Waals surface area contributed by atoms with Crippen LogP contribution in [0.5, 0.6) is 0 Å². The van der Waals surface area contributed by atoms with Crippen LogP contribution in [0.25, 0.3) is 10.4 Å². The third-order valence-corrected chi connectivity index (χ3v) is 5.23. The fraction of sp³-hybridized carbons (Fsp3) is 0.429. The molecule has 8 heteroatoms. The van der Waals surface area contributed by atoms with E-state index in [4.69, 9.17) is 14.2 Å². The van der Waals surface area contributed by atoms with Crippen molar-refractivity contribution in [1.29, 1.82) is 0 Å². The van der Waals surface area contributed by atoms with Crippen molar-refractivity contribution < 1.29 is 23.8 Å². The summed E-state index contributed by atoms with van der Waals surface area (Å²) in [6.07, 6.45) is 0. The van der Waals surface area contributed by atoms with Crippen LogP contribution in [0.4, 0.5) is 5.00 Å². The van der Waals surface area contributed by atoms with Gasteiger partial charge in [0, 0.05) is 32.2 Å². The lowest BCUT2D eigenvalue weighted by atomic mass is 10.1. The first-order chi connectivity index (χ1) is 14.1. The van der Waals surface area contributed by atoms with Crippen LogP contribution < -0.4 is 5.32 Å². The standard InChI is InChI=1S/C21H28N2O5S/c1-4-28-21(25)17-14-18(16-8-6-5-7-9-16)29-20(17)22-19(24)15-23(10-12-26-2)11-13-27-3/h5-9,14H,4,10-13,15H2,1-3H3,(H,22,24). The van der Waals surface area contributed by atoms with Crippen molar-refractivity contribution in [3.63, 3.8) is 0 Å². The predicted octanol–water partition coefficient (Wildman–Crippen LogP) is 3.13. The van der Waals surface area contributed by atoms with Gasteiger partial charge in [-0.15, -0.1) is 11.3 Å². The number of thiophene rings is 1. The lowest BCUT2D eigenvalue weighted by Crippen LogP contribution is -2.37. The summed E-state index contributed by atoms with van der Waals surface area (Å²) in [5, 5.41) is 3.37. The Kier molecular flexibility index (Phi) is 9.79. The molecule has 2 aromatic rings. The summed E-state index contributed by atoms with van der Waals surface area (Å²) in [6.45, 7) is 4.45. The van der Waals surface area contributed by atoms with Crippen LogP contribution in [0, 0.1) is 0 Å². The smallest absolute Gasteiger partial charge is 0.341 e. The number of nitrogens with one attached hydrogen (secondary N) is 1. The lowest BCUT2D eigenvalue weighted by Gasteiger charge is -2.20. The van der Waals surface area contributed by atoms with Gasteiger partial charge in [0.2, 0.25) is 5.91 Å². The van der Waals surface area contributed by atoms with Crippen molar-refractivity contribution in [2.24, 2.45) is 0 Å². The Hall–Kier alpha value is -2.26. The molecule has 0 radical (unpaired) electrons. The van der Waals surface area contributed by atoms with E-state index in [9.17, 15) is 9.59 Å². The summed E-state index contributed by atoms with van der Waals surface area (Å²) in [5.41, 5.74) is 1.34. The van der Waals surface area contributed by atoms with E-state index in [1.165, 1.54) is 11.3 Å². The zero-order chi connectivity index (χ0) is 21.1. The molecular weight excluding hydrogens is 392 g/mol. The molecule has 1 heterocycles. The Morgan fingerprint density at radius 1 is 1.07 bits per heavy atom. The molecule has 0 aliphatic heterocycles. The van der Waals surface area contributed by atoms with Gasteiger partial charge >= 0.3 is 5.97 Å². The second-order valence-corrected chi connectivity index (χ2v) is 7.30. The minimum atomic E-state index is -0.447. The Labute approximate surface area is 175 Å². The number of ether oxygens (including phenoxy) is 3. The Morgan fingerprint density at radius 2 is 1.72 bits per heavy atom. The molecule has 1 N–H and O–H groups in total. The molecule has 29 heavy (non-hydrogen) atoms. The SMILES string of the molecule is CCOC(=O)c1cc(-c2ccccc2)sc1NC(=O)CN(CCOC)CCOC. The molecule has 0 unspecified atom stereocenters. The number of rotatable bonds is 12. The molecule has 0 atom stereocenters. The van der Waals surface area contributed by atoms with Crippen LogP contribution in [0.15, 0.2) is 36.4 Å². The van der Waals surface area contributed by atoms with Crippen molar-refractivity contribution >= 4 is 28.2 Å². The number of methoxy groups -OCH3 is 2. The first-order valence-corrected chi connectivity index (χ1v) is 10.3. The number of amides is 1. The normalized spacial score (nSPS) is 10.9. The summed E-state index contributed by atoms with van der Waals surface area (Å²) in [6, 6.07) is 11.5. The van der Waals surface area contributed by atoms with Gasteiger partial charge in [0.05, 0.1) is 31.9 Å². The summed E-state index contributed by atoms with van der Waals surface area (Å²) < 4.78 is 15.4. The number of hydrogen-bond donors (Lipinski definition) is 1. The van der Waals surface area contributed by atoms with Gasteiger partial charge in [0.1, 0.15) is 5.00 Å².